The highest BCUT2D eigenvalue weighted by Gasteiger charge is 2.18. The van der Waals surface area contributed by atoms with Crippen LogP contribution in [0.4, 0.5) is 0 Å². The van der Waals surface area contributed by atoms with E-state index < -0.39 is 0 Å². The van der Waals surface area contributed by atoms with Gasteiger partial charge >= 0.3 is 0 Å². The Morgan fingerprint density at radius 3 is 3.12 bits per heavy atom. The fourth-order valence-corrected chi connectivity index (χ4v) is 3.13. The molecule has 0 aliphatic carbocycles. The van der Waals surface area contributed by atoms with E-state index in [2.05, 4.69) is 29.6 Å². The third-order valence-electron chi connectivity index (χ3n) is 2.85. The van der Waals surface area contributed by atoms with Gasteiger partial charge in [-0.3, -0.25) is 0 Å². The molecule has 3 heteroatoms. The van der Waals surface area contributed by atoms with Gasteiger partial charge in [0.05, 0.1) is 6.10 Å². The van der Waals surface area contributed by atoms with Gasteiger partial charge in [0, 0.05) is 17.5 Å². The molecule has 0 saturated heterocycles. The van der Waals surface area contributed by atoms with E-state index in [-0.39, 0.29) is 6.10 Å². The van der Waals surface area contributed by atoms with Gasteiger partial charge in [0.2, 0.25) is 0 Å². The Balaban J connectivity index is 2.12. The lowest BCUT2D eigenvalue weighted by molar-refractivity contribution is 0.185. The molecule has 1 heterocycles. The quantitative estimate of drug-likeness (QED) is 0.847. The molecule has 0 spiro atoms. The summed E-state index contributed by atoms with van der Waals surface area (Å²) in [7, 11) is 0. The second kappa shape index (κ2) is 5.71. The summed E-state index contributed by atoms with van der Waals surface area (Å²) in [6.07, 6.45) is 2.12. The molecule has 2 unspecified atom stereocenters. The zero-order chi connectivity index (χ0) is 11.4. The van der Waals surface area contributed by atoms with Crippen molar-refractivity contribution >= 4 is 11.8 Å². The number of thioether (sulfide) groups is 1. The van der Waals surface area contributed by atoms with Crippen LogP contribution < -0.4 is 5.32 Å². The lowest BCUT2D eigenvalue weighted by Crippen LogP contribution is -2.28. The van der Waals surface area contributed by atoms with Crippen LogP contribution in [0.1, 0.15) is 31.4 Å². The third-order valence-corrected chi connectivity index (χ3v) is 4.02. The fraction of sp³-hybridized carbons (Fsp3) is 0.538. The molecule has 0 aromatic heterocycles. The summed E-state index contributed by atoms with van der Waals surface area (Å²) in [5.41, 5.74) is 1.39. The second-order valence-corrected chi connectivity index (χ2v) is 5.48. The van der Waals surface area contributed by atoms with E-state index >= 15 is 0 Å². The first-order valence-electron chi connectivity index (χ1n) is 5.90. The van der Waals surface area contributed by atoms with Crippen LogP contribution in [0.5, 0.6) is 0 Å². The van der Waals surface area contributed by atoms with Crippen molar-refractivity contribution in [3.8, 4) is 0 Å². The first-order chi connectivity index (χ1) is 7.77. The topological polar surface area (TPSA) is 32.3 Å². The Labute approximate surface area is 101 Å². The maximum Gasteiger partial charge on any atom is 0.0636 e. The zero-order valence-electron chi connectivity index (χ0n) is 9.65. The Morgan fingerprint density at radius 1 is 1.50 bits per heavy atom. The Morgan fingerprint density at radius 2 is 2.31 bits per heavy atom. The summed E-state index contributed by atoms with van der Waals surface area (Å²) in [6.45, 7) is 2.49. The van der Waals surface area contributed by atoms with E-state index in [0.717, 1.165) is 6.42 Å². The van der Waals surface area contributed by atoms with Crippen LogP contribution in [0.25, 0.3) is 0 Å². The highest BCUT2D eigenvalue weighted by Crippen LogP contribution is 2.34. The fourth-order valence-electron chi connectivity index (χ4n) is 2.05. The van der Waals surface area contributed by atoms with Gasteiger partial charge in [0.25, 0.3) is 0 Å². The van der Waals surface area contributed by atoms with Gasteiger partial charge in [-0.15, -0.1) is 11.8 Å². The summed E-state index contributed by atoms with van der Waals surface area (Å²) in [4.78, 5) is 1.39. The molecule has 2 rings (SSSR count). The summed E-state index contributed by atoms with van der Waals surface area (Å²) < 4.78 is 0. The first kappa shape index (κ1) is 12.0. The molecule has 0 bridgehead atoms. The van der Waals surface area contributed by atoms with Gasteiger partial charge in [-0.1, -0.05) is 18.2 Å². The Kier molecular flexibility index (Phi) is 4.27. The summed E-state index contributed by atoms with van der Waals surface area (Å²) in [6, 6.07) is 9.00. The average molecular weight is 237 g/mol. The monoisotopic (exact) mass is 237 g/mol. The number of fused-ring (bicyclic) bond motifs is 1. The molecule has 0 saturated carbocycles. The number of aliphatic hydroxyl groups is 1. The summed E-state index contributed by atoms with van der Waals surface area (Å²) >= 11 is 1.95. The highest BCUT2D eigenvalue weighted by molar-refractivity contribution is 7.99. The molecule has 2 nitrogen and oxygen atoms in total. The number of hydrogen-bond acceptors (Lipinski definition) is 3. The summed E-state index contributed by atoms with van der Waals surface area (Å²) in [5, 5.41) is 12.8. The van der Waals surface area contributed by atoms with E-state index in [1.807, 2.05) is 18.7 Å². The molecular weight excluding hydrogens is 218 g/mol. The molecule has 0 radical (unpaired) electrons. The van der Waals surface area contributed by atoms with Crippen molar-refractivity contribution in [3.63, 3.8) is 0 Å². The van der Waals surface area contributed by atoms with Crippen molar-refractivity contribution in [3.05, 3.63) is 29.8 Å². The Bertz CT molecular complexity index is 340. The van der Waals surface area contributed by atoms with Crippen LogP contribution in [-0.2, 0) is 0 Å². The molecule has 1 aromatic rings. The molecule has 1 aromatic carbocycles. The van der Waals surface area contributed by atoms with Gasteiger partial charge < -0.3 is 10.4 Å². The van der Waals surface area contributed by atoms with E-state index in [0.29, 0.717) is 12.6 Å². The van der Waals surface area contributed by atoms with Crippen LogP contribution in [0.3, 0.4) is 0 Å². The lowest BCUT2D eigenvalue weighted by atomic mass is 10.0. The van der Waals surface area contributed by atoms with Crippen LogP contribution in [0.2, 0.25) is 0 Å². The van der Waals surface area contributed by atoms with Gasteiger partial charge in [0.15, 0.2) is 0 Å². The molecule has 1 aliphatic heterocycles. The number of benzene rings is 1. The molecule has 0 amide bonds. The van der Waals surface area contributed by atoms with E-state index in [4.69, 9.17) is 0 Å². The number of aliphatic hydroxyl groups excluding tert-OH is 1. The minimum absolute atomic E-state index is 0.275. The smallest absolute Gasteiger partial charge is 0.0636 e. The molecule has 16 heavy (non-hydrogen) atoms. The number of hydrogen-bond donors (Lipinski definition) is 2. The summed E-state index contributed by atoms with van der Waals surface area (Å²) in [5.74, 6) is 1.20. The van der Waals surface area contributed by atoms with Gasteiger partial charge in [-0.05, 0) is 37.1 Å². The van der Waals surface area contributed by atoms with Crippen molar-refractivity contribution in [2.24, 2.45) is 0 Å². The first-order valence-corrected chi connectivity index (χ1v) is 6.89. The van der Waals surface area contributed by atoms with Crippen molar-refractivity contribution in [2.75, 3.05) is 12.3 Å². The van der Waals surface area contributed by atoms with Crippen molar-refractivity contribution in [1.29, 1.82) is 0 Å². The van der Waals surface area contributed by atoms with Gasteiger partial charge in [-0.2, -0.15) is 0 Å². The lowest BCUT2D eigenvalue weighted by Gasteiger charge is -2.19. The van der Waals surface area contributed by atoms with Crippen LogP contribution in [0, 0.1) is 0 Å². The number of nitrogens with one attached hydrogen (secondary N) is 1. The van der Waals surface area contributed by atoms with Crippen molar-refractivity contribution in [1.82, 2.24) is 5.32 Å². The molecule has 0 fully saturated rings. The molecule has 2 atom stereocenters. The molecule has 88 valence electrons. The molecular formula is C13H19NOS. The van der Waals surface area contributed by atoms with Gasteiger partial charge in [0.1, 0.15) is 0 Å². The van der Waals surface area contributed by atoms with Crippen LogP contribution >= 0.6 is 11.8 Å². The van der Waals surface area contributed by atoms with Crippen LogP contribution in [0.15, 0.2) is 29.2 Å². The van der Waals surface area contributed by atoms with Crippen molar-refractivity contribution < 1.29 is 5.11 Å². The van der Waals surface area contributed by atoms with E-state index in [1.165, 1.54) is 22.6 Å². The van der Waals surface area contributed by atoms with Gasteiger partial charge in [-0.25, -0.2) is 0 Å². The average Bonchev–Trinajstić information content (AvgIpc) is 2.48. The zero-order valence-corrected chi connectivity index (χ0v) is 10.5. The SMILES string of the molecule is CC(O)CNC1CCCSc2ccccc21. The molecule has 1 aliphatic rings. The standard InChI is InChI=1S/C13H19NOS/c1-10(15)9-14-12-6-4-8-16-13-7-3-2-5-11(12)13/h2-3,5,7,10,12,14-15H,4,6,8-9H2,1H3. The Hall–Kier alpha value is -0.510. The van der Waals surface area contributed by atoms with Crippen molar-refractivity contribution in [2.45, 2.75) is 36.8 Å². The van der Waals surface area contributed by atoms with E-state index in [9.17, 15) is 5.11 Å². The molecule has 2 N–H and O–H groups in total. The number of rotatable bonds is 3. The third kappa shape index (κ3) is 3.00. The van der Waals surface area contributed by atoms with Crippen LogP contribution in [-0.4, -0.2) is 23.5 Å². The highest BCUT2D eigenvalue weighted by atomic mass is 32.2. The largest absolute Gasteiger partial charge is 0.392 e. The minimum Gasteiger partial charge on any atom is -0.392 e. The predicted molar refractivity (Wildman–Crippen MR) is 68.8 cm³/mol. The normalized spacial score (nSPS) is 22.2. The maximum absolute atomic E-state index is 9.33. The predicted octanol–water partition coefficient (Wildman–Crippen LogP) is 2.58. The second-order valence-electron chi connectivity index (χ2n) is 4.34. The minimum atomic E-state index is -0.275. The van der Waals surface area contributed by atoms with E-state index in [1.54, 1.807) is 0 Å². The maximum atomic E-state index is 9.33.